The van der Waals surface area contributed by atoms with Gasteiger partial charge in [0.15, 0.2) is 0 Å². The first-order valence-electron chi connectivity index (χ1n) is 15.4. The highest BCUT2D eigenvalue weighted by atomic mass is 32.2. The van der Waals surface area contributed by atoms with Crippen molar-refractivity contribution in [1.82, 2.24) is 5.32 Å². The van der Waals surface area contributed by atoms with Crippen molar-refractivity contribution in [3.05, 3.63) is 84.5 Å². The van der Waals surface area contributed by atoms with Crippen molar-refractivity contribution in [1.29, 1.82) is 0 Å². The maximum absolute atomic E-state index is 12.6. The molecule has 0 fully saturated rings. The average Bonchev–Trinajstić information content (AvgIpc) is 2.99. The van der Waals surface area contributed by atoms with Gasteiger partial charge in [-0.25, -0.2) is 9.59 Å². The van der Waals surface area contributed by atoms with Gasteiger partial charge in [-0.2, -0.15) is 11.8 Å². The van der Waals surface area contributed by atoms with Gasteiger partial charge in [-0.1, -0.05) is 74.6 Å². The Morgan fingerprint density at radius 1 is 0.837 bits per heavy atom. The zero-order valence-corrected chi connectivity index (χ0v) is 26.6. The lowest BCUT2D eigenvalue weighted by atomic mass is 10.1. The third kappa shape index (κ3) is 19.3. The van der Waals surface area contributed by atoms with E-state index >= 15 is 0 Å². The van der Waals surface area contributed by atoms with Gasteiger partial charge in [-0.3, -0.25) is 4.79 Å². The largest absolute Gasteiger partial charge is 0.507 e. The first-order valence-corrected chi connectivity index (χ1v) is 16.4. The molecule has 1 atom stereocenters. The fraction of sp³-hybridized carbons (Fsp3) is 0.457. The summed E-state index contributed by atoms with van der Waals surface area (Å²) in [4.78, 5) is 35.8. The Labute approximate surface area is 262 Å². The number of amides is 2. The molecule has 0 spiro atoms. The van der Waals surface area contributed by atoms with Gasteiger partial charge in [0.2, 0.25) is 0 Å². The van der Waals surface area contributed by atoms with Crippen molar-refractivity contribution in [2.75, 3.05) is 17.6 Å². The number of carboxylic acid groups (broad SMARTS) is 1. The normalized spacial score (nSPS) is 12.7. The number of rotatable bonds is 23. The molecule has 1 aromatic carbocycles. The van der Waals surface area contributed by atoms with Gasteiger partial charge in [0.25, 0.3) is 0 Å². The number of benzene rings is 1. The predicted octanol–water partition coefficient (Wildman–Crippen LogP) is 8.99. The molecule has 0 aromatic heterocycles. The van der Waals surface area contributed by atoms with Crippen LogP contribution in [0.2, 0.25) is 0 Å². The van der Waals surface area contributed by atoms with Gasteiger partial charge in [-0.15, -0.1) is 0 Å². The summed E-state index contributed by atoms with van der Waals surface area (Å²) in [5.74, 6) is -0.489. The van der Waals surface area contributed by atoms with Crippen molar-refractivity contribution in [2.24, 2.45) is 0 Å². The van der Waals surface area contributed by atoms with Crippen LogP contribution in [0.3, 0.4) is 0 Å². The maximum atomic E-state index is 12.6. The van der Waals surface area contributed by atoms with E-state index in [4.69, 9.17) is 5.11 Å². The second-order valence-electron chi connectivity index (χ2n) is 9.96. The summed E-state index contributed by atoms with van der Waals surface area (Å²) in [6, 6.07) is 3.32. The number of anilines is 1. The SMILES string of the molecule is CC/C=C\C/C=C\C/C=C\C/C=C\C/C=C\CCCCS[C@@H](CC)C(=O)CCCNC(=O)Nc1ccc(O)c(C(=O)O)c1. The fourth-order valence-electron chi connectivity index (χ4n) is 3.98. The standard InChI is InChI=1S/C35H50N2O5S/c1-3-5-6-7-8-9-10-11-12-13-14-15-16-17-18-19-20-21-27-43-33(4-2)32(39)23-22-26-36-35(42)37-29-24-25-31(38)30(28-29)34(40)41/h5-6,8-9,11-12,14-15,17-18,24-25,28,33,38H,3-4,7,10,13,16,19-23,26-27H2,1-2H3,(H,40,41)(H2,36,37,42)/b6-5-,9-8-,12-11-,15-14-,18-17-/t33-/m0/s1. The molecule has 43 heavy (non-hydrogen) atoms. The van der Waals surface area contributed by atoms with Crippen molar-refractivity contribution >= 4 is 35.2 Å². The Morgan fingerprint density at radius 2 is 1.44 bits per heavy atom. The lowest BCUT2D eigenvalue weighted by molar-refractivity contribution is -0.118. The number of carbonyl (C=O) groups is 3. The molecule has 0 saturated carbocycles. The first-order chi connectivity index (χ1) is 20.9. The molecule has 0 heterocycles. The third-order valence-corrected chi connectivity index (χ3v) is 7.87. The number of hydrogen-bond donors (Lipinski definition) is 4. The molecule has 4 N–H and O–H groups in total. The van der Waals surface area contributed by atoms with Gasteiger partial charge >= 0.3 is 12.0 Å². The van der Waals surface area contributed by atoms with Crippen LogP contribution in [0, 0.1) is 0 Å². The zero-order valence-electron chi connectivity index (χ0n) is 25.8. The minimum absolute atomic E-state index is 0.0195. The predicted molar refractivity (Wildman–Crippen MR) is 181 cm³/mol. The summed E-state index contributed by atoms with van der Waals surface area (Å²) in [5, 5.41) is 23.8. The summed E-state index contributed by atoms with van der Waals surface area (Å²) in [5.41, 5.74) is -0.0340. The number of phenols is 1. The van der Waals surface area contributed by atoms with E-state index in [1.165, 1.54) is 18.2 Å². The molecule has 0 aliphatic carbocycles. The van der Waals surface area contributed by atoms with Gasteiger partial charge < -0.3 is 20.8 Å². The first kappa shape index (κ1) is 37.5. The molecule has 236 valence electrons. The van der Waals surface area contributed by atoms with Crippen LogP contribution in [-0.2, 0) is 4.79 Å². The van der Waals surface area contributed by atoms with Gasteiger partial charge in [0.05, 0.1) is 5.25 Å². The van der Waals surface area contributed by atoms with Crippen LogP contribution in [0.5, 0.6) is 5.75 Å². The number of unbranched alkanes of at least 4 members (excludes halogenated alkanes) is 2. The van der Waals surface area contributed by atoms with Gasteiger partial charge in [0.1, 0.15) is 17.1 Å². The minimum atomic E-state index is -1.28. The number of Topliss-reactive ketones (excluding diaryl/α,β-unsaturated/α-hetero) is 1. The van der Waals surface area contributed by atoms with Crippen molar-refractivity contribution in [2.45, 2.75) is 89.7 Å². The van der Waals surface area contributed by atoms with Gasteiger partial charge in [-0.05, 0) is 88.2 Å². The molecular weight excluding hydrogens is 560 g/mol. The summed E-state index contributed by atoms with van der Waals surface area (Å²) in [6.45, 7) is 4.50. The number of aromatic hydroxyl groups is 1. The smallest absolute Gasteiger partial charge is 0.339 e. The molecule has 8 heteroatoms. The summed E-state index contributed by atoms with van der Waals surface area (Å²) in [7, 11) is 0. The molecule has 0 aliphatic heterocycles. The topological polar surface area (TPSA) is 116 Å². The van der Waals surface area contributed by atoms with E-state index in [1.807, 2.05) is 6.92 Å². The molecule has 0 aliphatic rings. The maximum Gasteiger partial charge on any atom is 0.339 e. The molecule has 0 unspecified atom stereocenters. The number of hydrogen-bond acceptors (Lipinski definition) is 5. The minimum Gasteiger partial charge on any atom is -0.507 e. The van der Waals surface area contributed by atoms with E-state index in [-0.39, 0.29) is 28.0 Å². The number of carboxylic acids is 1. The molecule has 0 radical (unpaired) electrons. The van der Waals surface area contributed by atoms with Crippen LogP contribution < -0.4 is 10.6 Å². The highest BCUT2D eigenvalue weighted by molar-refractivity contribution is 8.00. The quantitative estimate of drug-likeness (QED) is 0.0558. The van der Waals surface area contributed by atoms with Crippen LogP contribution in [-0.4, -0.2) is 45.5 Å². The number of ketones is 1. The Morgan fingerprint density at radius 3 is 2.02 bits per heavy atom. The second-order valence-corrected chi connectivity index (χ2v) is 11.3. The van der Waals surface area contributed by atoms with E-state index in [0.29, 0.717) is 19.4 Å². The Balaban J connectivity index is 2.10. The highest BCUT2D eigenvalue weighted by Gasteiger charge is 2.16. The van der Waals surface area contributed by atoms with Gasteiger partial charge in [0, 0.05) is 18.7 Å². The number of nitrogens with one attached hydrogen (secondary N) is 2. The Hall–Kier alpha value is -3.52. The van der Waals surface area contributed by atoms with E-state index < -0.39 is 12.0 Å². The van der Waals surface area contributed by atoms with E-state index in [2.05, 4.69) is 78.3 Å². The third-order valence-electron chi connectivity index (χ3n) is 6.34. The zero-order chi connectivity index (χ0) is 31.5. The van der Waals surface area contributed by atoms with Crippen molar-refractivity contribution in [3.8, 4) is 5.75 Å². The van der Waals surface area contributed by atoms with E-state index in [1.54, 1.807) is 11.8 Å². The lowest BCUT2D eigenvalue weighted by Gasteiger charge is -2.13. The van der Waals surface area contributed by atoms with Crippen molar-refractivity contribution < 1.29 is 24.6 Å². The molecular formula is C35H50N2O5S. The molecule has 7 nitrogen and oxygen atoms in total. The monoisotopic (exact) mass is 610 g/mol. The van der Waals surface area contributed by atoms with E-state index in [9.17, 15) is 19.5 Å². The number of aromatic carboxylic acids is 1. The molecule has 1 aromatic rings. The molecule has 0 bridgehead atoms. The van der Waals surface area contributed by atoms with Crippen LogP contribution in [0.25, 0.3) is 0 Å². The molecule has 2 amide bonds. The Bertz CT molecular complexity index is 1110. The summed E-state index contributed by atoms with van der Waals surface area (Å²) >= 11 is 1.72. The van der Waals surface area contributed by atoms with E-state index in [0.717, 1.165) is 63.5 Å². The van der Waals surface area contributed by atoms with Crippen LogP contribution in [0.15, 0.2) is 79.0 Å². The summed E-state index contributed by atoms with van der Waals surface area (Å²) < 4.78 is 0. The molecule has 1 rings (SSSR count). The number of thioether (sulfide) groups is 1. The number of allylic oxidation sites excluding steroid dienone is 10. The number of carbonyl (C=O) groups excluding carboxylic acids is 2. The summed E-state index contributed by atoms with van der Waals surface area (Å²) in [6.07, 6.45) is 32.0. The van der Waals surface area contributed by atoms with Crippen LogP contribution >= 0.6 is 11.8 Å². The molecule has 0 saturated heterocycles. The second kappa shape index (κ2) is 25.0. The van der Waals surface area contributed by atoms with Crippen LogP contribution in [0.4, 0.5) is 10.5 Å². The number of urea groups is 1. The van der Waals surface area contributed by atoms with Crippen LogP contribution in [0.1, 0.15) is 94.8 Å². The van der Waals surface area contributed by atoms with Crippen molar-refractivity contribution in [3.63, 3.8) is 0 Å². The fourth-order valence-corrected chi connectivity index (χ4v) is 5.18. The lowest BCUT2D eigenvalue weighted by Crippen LogP contribution is -2.30. The highest BCUT2D eigenvalue weighted by Crippen LogP contribution is 2.22. The Kier molecular flexibility index (Phi) is 21.8. The average molecular weight is 611 g/mol.